The van der Waals surface area contributed by atoms with E-state index in [1.54, 1.807) is 23.1 Å². The number of amides is 2. The van der Waals surface area contributed by atoms with Gasteiger partial charge in [0, 0.05) is 33.0 Å². The van der Waals surface area contributed by atoms with Crippen molar-refractivity contribution < 1.29 is 22.7 Å². The third-order valence-corrected chi connectivity index (χ3v) is 8.08. The molecule has 176 valence electrons. The van der Waals surface area contributed by atoms with Crippen molar-refractivity contribution >= 4 is 27.5 Å². The molecule has 2 aliphatic heterocycles. The molecule has 0 saturated carbocycles. The Hall–Kier alpha value is -2.75. The van der Waals surface area contributed by atoms with Crippen LogP contribution >= 0.6 is 0 Å². The van der Waals surface area contributed by atoms with Crippen LogP contribution < -0.4 is 5.32 Å². The van der Waals surface area contributed by atoms with Gasteiger partial charge in [-0.2, -0.15) is 4.31 Å². The monoisotopic (exact) mass is 471 g/mol. The standard InChI is InChI=1S/C24H29N3O5S/c1-17-7-8-21(25-18(2)28)23(15-17)33(30,31)27-10-9-19-5-3-4-6-20(19)22(27)16-24(29)26-11-13-32-14-12-26/h3-8,15,22H,9-14,16H2,1-2H3,(H,25,28)/t22-/m0/s1. The summed E-state index contributed by atoms with van der Waals surface area (Å²) in [6, 6.07) is 12.0. The van der Waals surface area contributed by atoms with Crippen LogP contribution in [0.25, 0.3) is 0 Å². The molecule has 2 aromatic carbocycles. The van der Waals surface area contributed by atoms with Gasteiger partial charge in [-0.05, 0) is 42.2 Å². The largest absolute Gasteiger partial charge is 0.378 e. The van der Waals surface area contributed by atoms with Crippen LogP contribution in [-0.4, -0.2) is 62.3 Å². The average molecular weight is 472 g/mol. The highest BCUT2D eigenvalue weighted by atomic mass is 32.2. The number of aryl methyl sites for hydroxylation is 1. The fourth-order valence-corrected chi connectivity index (χ4v) is 6.34. The van der Waals surface area contributed by atoms with Gasteiger partial charge in [-0.3, -0.25) is 9.59 Å². The van der Waals surface area contributed by atoms with Crippen molar-refractivity contribution in [3.05, 3.63) is 59.2 Å². The van der Waals surface area contributed by atoms with Crippen LogP contribution in [-0.2, 0) is 30.8 Å². The van der Waals surface area contributed by atoms with Gasteiger partial charge in [0.25, 0.3) is 0 Å². The number of hydrogen-bond donors (Lipinski definition) is 1. The number of ether oxygens (including phenoxy) is 1. The summed E-state index contributed by atoms with van der Waals surface area (Å²) < 4.78 is 34.7. The van der Waals surface area contributed by atoms with Crippen LogP contribution in [0.3, 0.4) is 0 Å². The normalized spacial score (nSPS) is 19.1. The number of anilines is 1. The molecule has 0 radical (unpaired) electrons. The Morgan fingerprint density at radius 2 is 1.82 bits per heavy atom. The van der Waals surface area contributed by atoms with Gasteiger partial charge < -0.3 is 15.0 Å². The minimum Gasteiger partial charge on any atom is -0.378 e. The summed E-state index contributed by atoms with van der Waals surface area (Å²) in [5.41, 5.74) is 2.91. The highest BCUT2D eigenvalue weighted by molar-refractivity contribution is 7.89. The minimum absolute atomic E-state index is 0.0425. The second kappa shape index (κ2) is 9.62. The van der Waals surface area contributed by atoms with E-state index in [2.05, 4.69) is 5.32 Å². The molecule has 1 N–H and O–H groups in total. The van der Waals surface area contributed by atoms with E-state index in [9.17, 15) is 18.0 Å². The van der Waals surface area contributed by atoms with E-state index in [4.69, 9.17) is 4.74 Å². The Labute approximate surface area is 194 Å². The quantitative estimate of drug-likeness (QED) is 0.723. The van der Waals surface area contributed by atoms with Gasteiger partial charge >= 0.3 is 0 Å². The van der Waals surface area contributed by atoms with E-state index >= 15 is 0 Å². The summed E-state index contributed by atoms with van der Waals surface area (Å²) in [4.78, 5) is 26.6. The summed E-state index contributed by atoms with van der Waals surface area (Å²) in [6.07, 6.45) is 0.608. The average Bonchev–Trinajstić information content (AvgIpc) is 2.80. The lowest BCUT2D eigenvalue weighted by Crippen LogP contribution is -2.45. The second-order valence-electron chi connectivity index (χ2n) is 8.46. The lowest BCUT2D eigenvalue weighted by molar-refractivity contribution is -0.136. The van der Waals surface area contributed by atoms with Gasteiger partial charge in [0.15, 0.2) is 0 Å². The molecule has 1 saturated heterocycles. The summed E-state index contributed by atoms with van der Waals surface area (Å²) in [7, 11) is -4.01. The first-order chi connectivity index (χ1) is 15.8. The van der Waals surface area contributed by atoms with Gasteiger partial charge in [-0.25, -0.2) is 8.42 Å². The highest BCUT2D eigenvalue weighted by Gasteiger charge is 2.39. The first kappa shape index (κ1) is 23.4. The number of hydrogen-bond acceptors (Lipinski definition) is 5. The number of carbonyl (C=O) groups is 2. The molecule has 0 aromatic heterocycles. The smallest absolute Gasteiger partial charge is 0.245 e. The molecule has 4 rings (SSSR count). The van der Waals surface area contributed by atoms with Crippen molar-refractivity contribution in [2.75, 3.05) is 38.2 Å². The molecule has 1 fully saturated rings. The van der Waals surface area contributed by atoms with E-state index in [1.165, 1.54) is 11.2 Å². The minimum atomic E-state index is -4.01. The van der Waals surface area contributed by atoms with E-state index in [0.29, 0.717) is 32.7 Å². The van der Waals surface area contributed by atoms with Gasteiger partial charge in [0.1, 0.15) is 4.90 Å². The van der Waals surface area contributed by atoms with E-state index in [1.807, 2.05) is 31.2 Å². The number of rotatable bonds is 5. The molecular weight excluding hydrogens is 442 g/mol. The number of morpholine rings is 1. The molecule has 8 nitrogen and oxygen atoms in total. The maximum atomic E-state index is 13.9. The first-order valence-electron chi connectivity index (χ1n) is 11.1. The lowest BCUT2D eigenvalue weighted by atomic mass is 9.92. The molecule has 9 heteroatoms. The molecule has 2 amide bonds. The van der Waals surface area contributed by atoms with Gasteiger partial charge in [0.05, 0.1) is 24.9 Å². The van der Waals surface area contributed by atoms with Crippen LogP contribution in [0.15, 0.2) is 47.4 Å². The Kier molecular flexibility index (Phi) is 6.83. The molecule has 1 atom stereocenters. The predicted octanol–water partition coefficient (Wildman–Crippen LogP) is 2.49. The van der Waals surface area contributed by atoms with Crippen molar-refractivity contribution in [3.8, 4) is 0 Å². The van der Waals surface area contributed by atoms with Crippen molar-refractivity contribution in [3.63, 3.8) is 0 Å². The maximum absolute atomic E-state index is 13.9. The van der Waals surface area contributed by atoms with E-state index < -0.39 is 16.1 Å². The Bertz CT molecular complexity index is 1160. The summed E-state index contributed by atoms with van der Waals surface area (Å²) >= 11 is 0. The third kappa shape index (κ3) is 4.95. The molecule has 0 aliphatic carbocycles. The number of nitrogens with one attached hydrogen (secondary N) is 1. The summed E-state index contributed by atoms with van der Waals surface area (Å²) in [5, 5.41) is 2.64. The van der Waals surface area contributed by atoms with Crippen LogP contribution in [0.1, 0.15) is 36.1 Å². The van der Waals surface area contributed by atoms with Crippen LogP contribution in [0, 0.1) is 6.92 Å². The second-order valence-corrected chi connectivity index (χ2v) is 10.3. The molecule has 0 bridgehead atoms. The number of carbonyl (C=O) groups excluding carboxylic acids is 2. The van der Waals surface area contributed by atoms with Crippen molar-refractivity contribution in [1.82, 2.24) is 9.21 Å². The Balaban J connectivity index is 1.74. The fourth-order valence-electron chi connectivity index (χ4n) is 4.50. The van der Waals surface area contributed by atoms with E-state index in [-0.39, 0.29) is 35.4 Å². The zero-order valence-corrected chi connectivity index (χ0v) is 19.7. The van der Waals surface area contributed by atoms with Crippen LogP contribution in [0.4, 0.5) is 5.69 Å². The van der Waals surface area contributed by atoms with Crippen molar-refractivity contribution in [1.29, 1.82) is 0 Å². The third-order valence-electron chi connectivity index (χ3n) is 6.13. The van der Waals surface area contributed by atoms with Crippen molar-refractivity contribution in [2.24, 2.45) is 0 Å². The number of benzene rings is 2. The van der Waals surface area contributed by atoms with Crippen molar-refractivity contribution in [2.45, 2.75) is 37.6 Å². The molecule has 2 heterocycles. The Morgan fingerprint density at radius 1 is 1.09 bits per heavy atom. The van der Waals surface area contributed by atoms with Crippen LogP contribution in [0.5, 0.6) is 0 Å². The molecule has 33 heavy (non-hydrogen) atoms. The number of nitrogens with zero attached hydrogens (tertiary/aromatic N) is 2. The zero-order valence-electron chi connectivity index (χ0n) is 18.9. The SMILES string of the molecule is CC(=O)Nc1ccc(C)cc1S(=O)(=O)N1CCc2ccccc2[C@@H]1CC(=O)N1CCOCC1. The fraction of sp³-hybridized carbons (Fsp3) is 0.417. The molecule has 2 aliphatic rings. The summed E-state index contributed by atoms with van der Waals surface area (Å²) in [6.45, 7) is 5.39. The number of fused-ring (bicyclic) bond motifs is 1. The molecule has 0 spiro atoms. The maximum Gasteiger partial charge on any atom is 0.245 e. The summed E-state index contributed by atoms with van der Waals surface area (Å²) in [5.74, 6) is -0.440. The Morgan fingerprint density at radius 3 is 2.55 bits per heavy atom. The number of sulfonamides is 1. The molecule has 2 aromatic rings. The predicted molar refractivity (Wildman–Crippen MR) is 124 cm³/mol. The highest BCUT2D eigenvalue weighted by Crippen LogP contribution is 2.38. The first-order valence-corrected chi connectivity index (χ1v) is 12.5. The lowest BCUT2D eigenvalue weighted by Gasteiger charge is -2.38. The van der Waals surface area contributed by atoms with Gasteiger partial charge in [-0.1, -0.05) is 30.3 Å². The van der Waals surface area contributed by atoms with E-state index in [0.717, 1.165) is 16.7 Å². The topological polar surface area (TPSA) is 96.0 Å². The van der Waals surface area contributed by atoms with Gasteiger partial charge in [-0.15, -0.1) is 0 Å². The van der Waals surface area contributed by atoms with Gasteiger partial charge in [0.2, 0.25) is 21.8 Å². The van der Waals surface area contributed by atoms with Crippen LogP contribution in [0.2, 0.25) is 0 Å². The molecule has 0 unspecified atom stereocenters. The zero-order chi connectivity index (χ0) is 23.6. The molecular formula is C24H29N3O5S.